The molecule has 1 amide bonds. The van der Waals surface area contributed by atoms with E-state index in [0.717, 1.165) is 11.3 Å². The van der Waals surface area contributed by atoms with Gasteiger partial charge in [0.1, 0.15) is 10.6 Å². The molecule has 0 unspecified atom stereocenters. The van der Waals surface area contributed by atoms with E-state index in [-0.39, 0.29) is 22.6 Å². The Balaban J connectivity index is 1.90. The lowest BCUT2D eigenvalue weighted by Crippen LogP contribution is -2.30. The predicted molar refractivity (Wildman–Crippen MR) is 132 cm³/mol. The van der Waals surface area contributed by atoms with Crippen molar-refractivity contribution in [2.24, 2.45) is 0 Å². The highest BCUT2D eigenvalue weighted by atomic mass is 32.2. The SMILES string of the molecule is COc1ccc(/C=C/C(=O)N(Cc2ccccc2)c2ccccc2)cc1S(=O)(=O)NC(C)C. The van der Waals surface area contributed by atoms with Gasteiger partial charge in [-0.3, -0.25) is 4.79 Å². The van der Waals surface area contributed by atoms with Gasteiger partial charge in [-0.1, -0.05) is 54.6 Å². The van der Waals surface area contributed by atoms with Crippen LogP contribution in [0, 0.1) is 0 Å². The highest BCUT2D eigenvalue weighted by Gasteiger charge is 2.21. The Hall–Kier alpha value is -3.42. The maximum atomic E-state index is 13.2. The number of sulfonamides is 1. The van der Waals surface area contributed by atoms with Crippen LogP contribution in [-0.4, -0.2) is 27.5 Å². The van der Waals surface area contributed by atoms with Crippen LogP contribution in [0.4, 0.5) is 5.69 Å². The summed E-state index contributed by atoms with van der Waals surface area (Å²) in [4.78, 5) is 14.9. The molecule has 7 heteroatoms. The second-order valence-electron chi connectivity index (χ2n) is 7.77. The van der Waals surface area contributed by atoms with Crippen molar-refractivity contribution in [2.75, 3.05) is 12.0 Å². The van der Waals surface area contributed by atoms with Gasteiger partial charge in [-0.2, -0.15) is 0 Å². The third kappa shape index (κ3) is 6.54. The van der Waals surface area contributed by atoms with Crippen molar-refractivity contribution in [3.8, 4) is 5.75 Å². The molecule has 0 aliphatic heterocycles. The van der Waals surface area contributed by atoms with Crippen LogP contribution in [-0.2, 0) is 21.4 Å². The largest absolute Gasteiger partial charge is 0.495 e. The summed E-state index contributed by atoms with van der Waals surface area (Å²) in [6.07, 6.45) is 3.06. The monoisotopic (exact) mass is 464 g/mol. The predicted octanol–water partition coefficient (Wildman–Crippen LogP) is 4.63. The molecule has 6 nitrogen and oxygen atoms in total. The average molecular weight is 465 g/mol. The first-order chi connectivity index (χ1) is 15.8. The van der Waals surface area contributed by atoms with Crippen LogP contribution in [0.25, 0.3) is 6.08 Å². The van der Waals surface area contributed by atoms with E-state index < -0.39 is 10.0 Å². The molecule has 0 bridgehead atoms. The number of rotatable bonds is 9. The molecule has 3 rings (SSSR count). The van der Waals surface area contributed by atoms with Gasteiger partial charge in [0.05, 0.1) is 13.7 Å². The molecule has 0 aliphatic rings. The van der Waals surface area contributed by atoms with E-state index in [0.29, 0.717) is 12.1 Å². The third-order valence-corrected chi connectivity index (χ3v) is 6.48. The lowest BCUT2D eigenvalue weighted by Gasteiger charge is -2.21. The van der Waals surface area contributed by atoms with E-state index in [1.54, 1.807) is 37.0 Å². The summed E-state index contributed by atoms with van der Waals surface area (Å²) in [6.45, 7) is 3.91. The highest BCUT2D eigenvalue weighted by molar-refractivity contribution is 7.89. The number of benzene rings is 3. The first-order valence-corrected chi connectivity index (χ1v) is 12.1. The number of hydrogen-bond acceptors (Lipinski definition) is 4. The minimum Gasteiger partial charge on any atom is -0.495 e. The zero-order chi connectivity index (χ0) is 23.8. The van der Waals surface area contributed by atoms with Crippen LogP contribution < -0.4 is 14.4 Å². The summed E-state index contributed by atoms with van der Waals surface area (Å²) in [5.74, 6) is 0.0206. The first-order valence-electron chi connectivity index (χ1n) is 10.6. The van der Waals surface area contributed by atoms with E-state index in [1.807, 2.05) is 60.7 Å². The minimum absolute atomic E-state index is 0.0255. The molecule has 0 spiro atoms. The van der Waals surface area contributed by atoms with Crippen molar-refractivity contribution >= 4 is 27.7 Å². The smallest absolute Gasteiger partial charge is 0.251 e. The summed E-state index contributed by atoms with van der Waals surface area (Å²) in [5, 5.41) is 0. The van der Waals surface area contributed by atoms with Gasteiger partial charge in [-0.25, -0.2) is 13.1 Å². The van der Waals surface area contributed by atoms with Gasteiger partial charge < -0.3 is 9.64 Å². The van der Waals surface area contributed by atoms with Gasteiger partial charge in [0.25, 0.3) is 5.91 Å². The molecule has 33 heavy (non-hydrogen) atoms. The number of methoxy groups -OCH3 is 1. The van der Waals surface area contributed by atoms with E-state index in [9.17, 15) is 13.2 Å². The maximum Gasteiger partial charge on any atom is 0.251 e. The van der Waals surface area contributed by atoms with Crippen LogP contribution in [0.1, 0.15) is 25.0 Å². The molecule has 0 fully saturated rings. The van der Waals surface area contributed by atoms with Gasteiger partial charge in [-0.15, -0.1) is 0 Å². The first kappa shape index (κ1) is 24.2. The van der Waals surface area contributed by atoms with Crippen molar-refractivity contribution in [3.63, 3.8) is 0 Å². The Morgan fingerprint density at radius 1 is 1.00 bits per heavy atom. The molecule has 0 heterocycles. The lowest BCUT2D eigenvalue weighted by atomic mass is 10.1. The molecule has 0 aromatic heterocycles. The van der Waals surface area contributed by atoms with Crippen molar-refractivity contribution in [3.05, 3.63) is 96.1 Å². The van der Waals surface area contributed by atoms with E-state index >= 15 is 0 Å². The number of hydrogen-bond donors (Lipinski definition) is 1. The number of para-hydroxylation sites is 1. The lowest BCUT2D eigenvalue weighted by molar-refractivity contribution is -0.114. The number of ether oxygens (including phenoxy) is 1. The second kappa shape index (κ2) is 10.9. The van der Waals surface area contributed by atoms with Crippen molar-refractivity contribution in [1.29, 1.82) is 0 Å². The third-order valence-electron chi connectivity index (χ3n) is 4.80. The molecule has 0 atom stereocenters. The van der Waals surface area contributed by atoms with E-state index in [1.165, 1.54) is 19.3 Å². The van der Waals surface area contributed by atoms with Crippen LogP contribution in [0.3, 0.4) is 0 Å². The van der Waals surface area contributed by atoms with Gasteiger partial charge in [0.2, 0.25) is 10.0 Å². The van der Waals surface area contributed by atoms with Crippen LogP contribution >= 0.6 is 0 Å². The Bertz CT molecular complexity index is 1210. The molecule has 172 valence electrons. The number of nitrogens with zero attached hydrogens (tertiary/aromatic N) is 1. The number of carbonyl (C=O) groups excluding carboxylic acids is 1. The minimum atomic E-state index is -3.77. The van der Waals surface area contributed by atoms with Crippen LogP contribution in [0.5, 0.6) is 5.75 Å². The molecule has 0 radical (unpaired) electrons. The summed E-state index contributed by atoms with van der Waals surface area (Å²) < 4.78 is 33.2. The average Bonchev–Trinajstić information content (AvgIpc) is 2.81. The number of nitrogens with one attached hydrogen (secondary N) is 1. The molecule has 0 aliphatic carbocycles. The van der Waals surface area contributed by atoms with Crippen LogP contribution in [0.2, 0.25) is 0 Å². The van der Waals surface area contributed by atoms with Crippen molar-refractivity contribution in [1.82, 2.24) is 4.72 Å². The van der Waals surface area contributed by atoms with E-state index in [2.05, 4.69) is 4.72 Å². The molecule has 3 aromatic rings. The molecule has 1 N–H and O–H groups in total. The molecule has 0 saturated heterocycles. The molecule has 3 aromatic carbocycles. The normalized spacial score (nSPS) is 11.6. The van der Waals surface area contributed by atoms with E-state index in [4.69, 9.17) is 4.74 Å². The summed E-state index contributed by atoms with van der Waals surface area (Å²) >= 11 is 0. The Morgan fingerprint density at radius 2 is 1.64 bits per heavy atom. The maximum absolute atomic E-state index is 13.2. The fourth-order valence-electron chi connectivity index (χ4n) is 3.31. The number of carbonyl (C=O) groups is 1. The zero-order valence-electron chi connectivity index (χ0n) is 18.9. The topological polar surface area (TPSA) is 75.7 Å². The van der Waals surface area contributed by atoms with Gasteiger partial charge >= 0.3 is 0 Å². The van der Waals surface area contributed by atoms with Crippen molar-refractivity contribution < 1.29 is 17.9 Å². The number of anilines is 1. The standard InChI is InChI=1S/C26H28N2O4S/c1-20(2)27-33(30,31)25-18-21(14-16-24(25)32-3)15-17-26(29)28(23-12-8-5-9-13-23)19-22-10-6-4-7-11-22/h4-18,20,27H,19H2,1-3H3/b17-15+. The van der Waals surface area contributed by atoms with Crippen LogP contribution in [0.15, 0.2) is 89.8 Å². The quantitative estimate of drug-likeness (QED) is 0.469. The Kier molecular flexibility index (Phi) is 8.03. The summed E-state index contributed by atoms with van der Waals surface area (Å²) in [6, 6.07) is 23.7. The zero-order valence-corrected chi connectivity index (χ0v) is 19.7. The molecular formula is C26H28N2O4S. The second-order valence-corrected chi connectivity index (χ2v) is 9.45. The number of amides is 1. The molecule has 0 saturated carbocycles. The summed E-state index contributed by atoms with van der Waals surface area (Å²) in [7, 11) is -2.35. The Labute approximate surface area is 195 Å². The summed E-state index contributed by atoms with van der Waals surface area (Å²) in [5.41, 5.74) is 2.34. The highest BCUT2D eigenvalue weighted by Crippen LogP contribution is 2.26. The van der Waals surface area contributed by atoms with Gasteiger partial charge in [0.15, 0.2) is 0 Å². The Morgan fingerprint density at radius 3 is 2.24 bits per heavy atom. The van der Waals surface area contributed by atoms with Gasteiger partial charge in [-0.05, 0) is 55.3 Å². The van der Waals surface area contributed by atoms with Crippen molar-refractivity contribution in [2.45, 2.75) is 31.3 Å². The molecular weight excluding hydrogens is 436 g/mol. The fourth-order valence-corrected chi connectivity index (χ4v) is 4.76. The van der Waals surface area contributed by atoms with Gasteiger partial charge in [0, 0.05) is 17.8 Å². The fraction of sp³-hybridized carbons (Fsp3) is 0.192.